The summed E-state index contributed by atoms with van der Waals surface area (Å²) < 4.78 is 10.4. The van der Waals surface area contributed by atoms with Gasteiger partial charge in [0.25, 0.3) is 0 Å². The summed E-state index contributed by atoms with van der Waals surface area (Å²) in [5.74, 6) is 0.331. The lowest BCUT2D eigenvalue weighted by Crippen LogP contribution is -2.53. The van der Waals surface area contributed by atoms with Crippen molar-refractivity contribution >= 4 is 5.78 Å². The van der Waals surface area contributed by atoms with E-state index in [0.29, 0.717) is 25.4 Å². The van der Waals surface area contributed by atoms with E-state index in [1.807, 2.05) is 13.8 Å². The second kappa shape index (κ2) is 4.20. The molecule has 3 heteroatoms. The summed E-state index contributed by atoms with van der Waals surface area (Å²) >= 11 is 0. The molecule has 0 amide bonds. The fourth-order valence-electron chi connectivity index (χ4n) is 1.62. The minimum Gasteiger partial charge on any atom is -0.382 e. The van der Waals surface area contributed by atoms with Gasteiger partial charge in [0.15, 0.2) is 0 Å². The third-order valence-corrected chi connectivity index (χ3v) is 3.06. The van der Waals surface area contributed by atoms with Crippen LogP contribution >= 0.6 is 0 Å². The lowest BCUT2D eigenvalue weighted by molar-refractivity contribution is -0.163. The summed E-state index contributed by atoms with van der Waals surface area (Å²) in [5, 5.41) is 0. The highest BCUT2D eigenvalue weighted by Gasteiger charge is 2.50. The highest BCUT2D eigenvalue weighted by atomic mass is 16.5. The molecule has 0 aromatic rings. The van der Waals surface area contributed by atoms with Gasteiger partial charge in [-0.1, -0.05) is 13.8 Å². The summed E-state index contributed by atoms with van der Waals surface area (Å²) in [7, 11) is 1.65. The van der Waals surface area contributed by atoms with E-state index >= 15 is 0 Å². The summed E-state index contributed by atoms with van der Waals surface area (Å²) in [6, 6.07) is 0. The molecule has 13 heavy (non-hydrogen) atoms. The normalized spacial score (nSPS) is 33.2. The molecule has 0 saturated heterocycles. The average Bonchev–Trinajstić information content (AvgIpc) is 2.15. The molecule has 1 fully saturated rings. The van der Waals surface area contributed by atoms with E-state index in [1.54, 1.807) is 7.11 Å². The second-order valence-electron chi connectivity index (χ2n) is 3.75. The van der Waals surface area contributed by atoms with Crippen LogP contribution in [0.15, 0.2) is 0 Å². The van der Waals surface area contributed by atoms with Crippen molar-refractivity contribution in [3.05, 3.63) is 0 Å². The summed E-state index contributed by atoms with van der Waals surface area (Å²) in [5.41, 5.74) is -0.228. The first-order chi connectivity index (χ1) is 6.15. The van der Waals surface area contributed by atoms with Crippen LogP contribution in [-0.2, 0) is 14.3 Å². The third-order valence-electron chi connectivity index (χ3n) is 3.06. The molecule has 0 N–H and O–H groups in total. The zero-order valence-corrected chi connectivity index (χ0v) is 8.63. The highest BCUT2D eigenvalue weighted by molar-refractivity contribution is 5.91. The van der Waals surface area contributed by atoms with Crippen LogP contribution in [0.25, 0.3) is 0 Å². The molecule has 1 aliphatic rings. The number of hydrogen-bond acceptors (Lipinski definition) is 3. The lowest BCUT2D eigenvalue weighted by atomic mass is 9.64. The van der Waals surface area contributed by atoms with Gasteiger partial charge < -0.3 is 9.47 Å². The van der Waals surface area contributed by atoms with Crippen LogP contribution < -0.4 is 0 Å². The number of hydrogen-bond donors (Lipinski definition) is 0. The van der Waals surface area contributed by atoms with Crippen molar-refractivity contribution in [1.82, 2.24) is 0 Å². The van der Waals surface area contributed by atoms with Crippen molar-refractivity contribution < 1.29 is 14.3 Å². The number of Topliss-reactive ketones (excluding diaryl/α,β-unsaturated/α-hetero) is 1. The molecule has 2 unspecified atom stereocenters. The Balaban J connectivity index is 2.32. The molecular weight excluding hydrogens is 168 g/mol. The minimum absolute atomic E-state index is 0.111. The summed E-state index contributed by atoms with van der Waals surface area (Å²) in [6.45, 7) is 5.20. The van der Waals surface area contributed by atoms with Crippen LogP contribution in [-0.4, -0.2) is 32.2 Å². The van der Waals surface area contributed by atoms with Crippen LogP contribution in [0.5, 0.6) is 0 Å². The predicted molar refractivity (Wildman–Crippen MR) is 49.6 cm³/mol. The number of ketones is 1. The van der Waals surface area contributed by atoms with Crippen LogP contribution in [0, 0.1) is 5.41 Å². The summed E-state index contributed by atoms with van der Waals surface area (Å²) in [4.78, 5) is 11.3. The molecule has 3 nitrogen and oxygen atoms in total. The fourth-order valence-corrected chi connectivity index (χ4v) is 1.62. The van der Waals surface area contributed by atoms with E-state index in [4.69, 9.17) is 9.47 Å². The average molecular weight is 186 g/mol. The molecule has 2 atom stereocenters. The molecule has 0 aromatic heterocycles. The van der Waals surface area contributed by atoms with E-state index in [1.165, 1.54) is 0 Å². The van der Waals surface area contributed by atoms with Crippen molar-refractivity contribution in [2.45, 2.75) is 32.8 Å². The molecule has 1 rings (SSSR count). The smallest absolute Gasteiger partial charge is 0.143 e. The molecule has 0 spiro atoms. The van der Waals surface area contributed by atoms with Gasteiger partial charge >= 0.3 is 0 Å². The number of carbonyl (C=O) groups excluding carboxylic acids is 1. The van der Waals surface area contributed by atoms with Crippen molar-refractivity contribution in [3.63, 3.8) is 0 Å². The fraction of sp³-hybridized carbons (Fsp3) is 0.900. The Morgan fingerprint density at radius 1 is 1.54 bits per heavy atom. The van der Waals surface area contributed by atoms with Crippen molar-refractivity contribution in [2.24, 2.45) is 5.41 Å². The van der Waals surface area contributed by atoms with Gasteiger partial charge in [0.2, 0.25) is 0 Å². The monoisotopic (exact) mass is 186 g/mol. The molecule has 0 aliphatic heterocycles. The van der Waals surface area contributed by atoms with Crippen molar-refractivity contribution in [3.8, 4) is 0 Å². The van der Waals surface area contributed by atoms with Crippen molar-refractivity contribution in [2.75, 3.05) is 20.3 Å². The topological polar surface area (TPSA) is 35.5 Å². The molecule has 0 aromatic carbocycles. The Labute approximate surface area is 79.4 Å². The maximum Gasteiger partial charge on any atom is 0.143 e. The Morgan fingerprint density at radius 2 is 2.23 bits per heavy atom. The minimum atomic E-state index is -0.228. The Bertz CT molecular complexity index is 191. The van der Waals surface area contributed by atoms with E-state index in [0.717, 1.165) is 6.42 Å². The van der Waals surface area contributed by atoms with Crippen LogP contribution in [0.2, 0.25) is 0 Å². The molecule has 1 saturated carbocycles. The SMILES string of the molecule is CCC1(C)C(=O)CC1OCCOC. The van der Waals surface area contributed by atoms with E-state index in [-0.39, 0.29) is 11.5 Å². The largest absolute Gasteiger partial charge is 0.382 e. The van der Waals surface area contributed by atoms with Crippen LogP contribution in [0.4, 0.5) is 0 Å². The van der Waals surface area contributed by atoms with Gasteiger partial charge in [0.1, 0.15) is 5.78 Å². The molecular formula is C10H18O3. The standard InChI is InChI=1S/C10H18O3/c1-4-10(2)8(11)7-9(10)13-6-5-12-3/h9H,4-7H2,1-3H3. The number of carbonyl (C=O) groups is 1. The summed E-state index contributed by atoms with van der Waals surface area (Å²) in [6.07, 6.45) is 1.55. The van der Waals surface area contributed by atoms with Gasteiger partial charge in [-0.3, -0.25) is 4.79 Å². The maximum atomic E-state index is 11.3. The predicted octanol–water partition coefficient (Wildman–Crippen LogP) is 1.41. The van der Waals surface area contributed by atoms with E-state index < -0.39 is 0 Å². The van der Waals surface area contributed by atoms with Gasteiger partial charge in [-0.15, -0.1) is 0 Å². The molecule has 76 valence electrons. The number of ether oxygens (including phenoxy) is 2. The Hall–Kier alpha value is -0.410. The van der Waals surface area contributed by atoms with Gasteiger partial charge in [0.05, 0.1) is 24.7 Å². The Morgan fingerprint density at radius 3 is 2.69 bits per heavy atom. The third kappa shape index (κ3) is 1.92. The van der Waals surface area contributed by atoms with Gasteiger partial charge in [-0.2, -0.15) is 0 Å². The number of methoxy groups -OCH3 is 1. The highest BCUT2D eigenvalue weighted by Crippen LogP contribution is 2.41. The van der Waals surface area contributed by atoms with Gasteiger partial charge in [-0.25, -0.2) is 0 Å². The zero-order valence-electron chi connectivity index (χ0n) is 8.63. The lowest BCUT2D eigenvalue weighted by Gasteiger charge is -2.44. The first kappa shape index (κ1) is 10.7. The van der Waals surface area contributed by atoms with E-state index in [2.05, 4.69) is 0 Å². The van der Waals surface area contributed by atoms with Crippen molar-refractivity contribution in [1.29, 1.82) is 0 Å². The molecule has 1 aliphatic carbocycles. The van der Waals surface area contributed by atoms with Gasteiger partial charge in [-0.05, 0) is 6.42 Å². The second-order valence-corrected chi connectivity index (χ2v) is 3.75. The molecule has 0 heterocycles. The maximum absolute atomic E-state index is 11.3. The molecule has 0 radical (unpaired) electrons. The van der Waals surface area contributed by atoms with E-state index in [9.17, 15) is 4.79 Å². The Kier molecular flexibility index (Phi) is 3.45. The first-order valence-corrected chi connectivity index (χ1v) is 4.79. The van der Waals surface area contributed by atoms with Gasteiger partial charge in [0, 0.05) is 13.5 Å². The molecule has 0 bridgehead atoms. The first-order valence-electron chi connectivity index (χ1n) is 4.79. The van der Waals surface area contributed by atoms with Crippen LogP contribution in [0.3, 0.4) is 0 Å². The number of rotatable bonds is 5. The zero-order chi connectivity index (χ0) is 9.90. The quantitative estimate of drug-likeness (QED) is 0.609. The van der Waals surface area contributed by atoms with Crippen LogP contribution in [0.1, 0.15) is 26.7 Å².